The van der Waals surface area contributed by atoms with Crippen LogP contribution in [0.1, 0.15) is 28.4 Å². The van der Waals surface area contributed by atoms with Gasteiger partial charge in [0.2, 0.25) is 0 Å². The lowest BCUT2D eigenvalue weighted by atomic mass is 9.94. The van der Waals surface area contributed by atoms with Crippen molar-refractivity contribution in [1.82, 2.24) is 9.88 Å². The minimum Gasteiger partial charge on any atom is -0.331 e. The van der Waals surface area contributed by atoms with Gasteiger partial charge in [-0.15, -0.1) is 0 Å². The SMILES string of the molecule is O=C(c1ccncc1Cl)N1CCC1c1ccc(F)cc1. The number of hydrogen-bond donors (Lipinski definition) is 0. The zero-order valence-corrected chi connectivity index (χ0v) is 11.3. The van der Waals surface area contributed by atoms with Crippen LogP contribution >= 0.6 is 11.6 Å². The lowest BCUT2D eigenvalue weighted by molar-refractivity contribution is 0.0460. The highest BCUT2D eigenvalue weighted by Gasteiger charge is 2.34. The highest BCUT2D eigenvalue weighted by molar-refractivity contribution is 6.33. The van der Waals surface area contributed by atoms with E-state index >= 15 is 0 Å². The summed E-state index contributed by atoms with van der Waals surface area (Å²) in [7, 11) is 0. The van der Waals surface area contributed by atoms with Crippen LogP contribution in [0.4, 0.5) is 4.39 Å². The van der Waals surface area contributed by atoms with E-state index in [1.165, 1.54) is 18.3 Å². The van der Waals surface area contributed by atoms with Crippen LogP contribution in [0.5, 0.6) is 0 Å². The topological polar surface area (TPSA) is 33.2 Å². The Morgan fingerprint density at radius 1 is 1.30 bits per heavy atom. The summed E-state index contributed by atoms with van der Waals surface area (Å²) in [6.45, 7) is 0.680. The van der Waals surface area contributed by atoms with Crippen LogP contribution in [0.15, 0.2) is 42.7 Å². The van der Waals surface area contributed by atoms with Crippen LogP contribution in [0.25, 0.3) is 0 Å². The van der Waals surface area contributed by atoms with Crippen molar-refractivity contribution >= 4 is 17.5 Å². The Morgan fingerprint density at radius 2 is 2.05 bits per heavy atom. The second kappa shape index (κ2) is 5.21. The minimum atomic E-state index is -0.275. The molecule has 0 aliphatic carbocycles. The molecule has 2 heterocycles. The van der Waals surface area contributed by atoms with Crippen LogP contribution in [0.3, 0.4) is 0 Å². The van der Waals surface area contributed by atoms with E-state index in [1.54, 1.807) is 29.3 Å². The molecule has 0 bridgehead atoms. The number of likely N-dealkylation sites (tertiary alicyclic amines) is 1. The summed E-state index contributed by atoms with van der Waals surface area (Å²) < 4.78 is 12.9. The van der Waals surface area contributed by atoms with Crippen molar-refractivity contribution in [3.8, 4) is 0 Å². The van der Waals surface area contributed by atoms with Gasteiger partial charge in [0, 0.05) is 18.9 Å². The molecule has 5 heteroatoms. The number of rotatable bonds is 2. The van der Waals surface area contributed by atoms with Gasteiger partial charge in [-0.25, -0.2) is 4.39 Å². The number of aromatic nitrogens is 1. The summed E-state index contributed by atoms with van der Waals surface area (Å²) in [6.07, 6.45) is 3.88. The highest BCUT2D eigenvalue weighted by Crippen LogP contribution is 2.35. The lowest BCUT2D eigenvalue weighted by Gasteiger charge is -2.41. The first-order valence-corrected chi connectivity index (χ1v) is 6.70. The van der Waals surface area contributed by atoms with Gasteiger partial charge in [-0.05, 0) is 30.2 Å². The summed E-state index contributed by atoms with van der Waals surface area (Å²) in [6, 6.07) is 7.87. The molecule has 3 rings (SSSR count). The summed E-state index contributed by atoms with van der Waals surface area (Å²) in [5.74, 6) is -0.388. The van der Waals surface area contributed by atoms with Crippen LogP contribution in [-0.2, 0) is 0 Å². The van der Waals surface area contributed by atoms with E-state index in [0.717, 1.165) is 12.0 Å². The molecule has 1 saturated heterocycles. The second-order valence-corrected chi connectivity index (χ2v) is 5.12. The Morgan fingerprint density at radius 3 is 2.65 bits per heavy atom. The molecule has 0 saturated carbocycles. The average Bonchev–Trinajstić information content (AvgIpc) is 2.40. The van der Waals surface area contributed by atoms with Gasteiger partial charge in [0.25, 0.3) is 5.91 Å². The number of pyridine rings is 1. The summed E-state index contributed by atoms with van der Waals surface area (Å²) in [4.78, 5) is 18.1. The van der Waals surface area contributed by atoms with E-state index in [1.807, 2.05) is 0 Å². The van der Waals surface area contributed by atoms with E-state index in [4.69, 9.17) is 11.6 Å². The quantitative estimate of drug-likeness (QED) is 0.848. The highest BCUT2D eigenvalue weighted by atomic mass is 35.5. The first-order valence-electron chi connectivity index (χ1n) is 6.33. The van der Waals surface area contributed by atoms with E-state index in [2.05, 4.69) is 4.98 Å². The van der Waals surface area contributed by atoms with Gasteiger partial charge in [-0.3, -0.25) is 9.78 Å². The van der Waals surface area contributed by atoms with E-state index in [0.29, 0.717) is 17.1 Å². The second-order valence-electron chi connectivity index (χ2n) is 4.71. The van der Waals surface area contributed by atoms with Gasteiger partial charge in [-0.1, -0.05) is 23.7 Å². The fraction of sp³-hybridized carbons (Fsp3) is 0.200. The van der Waals surface area contributed by atoms with E-state index in [-0.39, 0.29) is 17.8 Å². The number of benzene rings is 1. The van der Waals surface area contributed by atoms with Crippen molar-refractivity contribution in [1.29, 1.82) is 0 Å². The Labute approximate surface area is 121 Å². The standard InChI is InChI=1S/C15H12ClFN2O/c16-13-9-18-7-5-12(13)15(20)19-8-6-14(19)10-1-3-11(17)4-2-10/h1-5,7,9,14H,6,8H2. The first-order chi connectivity index (χ1) is 9.66. The monoisotopic (exact) mass is 290 g/mol. The molecule has 2 aromatic rings. The molecule has 1 unspecified atom stereocenters. The molecule has 3 nitrogen and oxygen atoms in total. The van der Waals surface area contributed by atoms with E-state index in [9.17, 15) is 9.18 Å². The van der Waals surface area contributed by atoms with Crippen molar-refractivity contribution in [2.75, 3.05) is 6.54 Å². The van der Waals surface area contributed by atoms with Gasteiger partial charge in [-0.2, -0.15) is 0 Å². The number of hydrogen-bond acceptors (Lipinski definition) is 2. The Kier molecular flexibility index (Phi) is 3.40. The summed E-state index contributed by atoms with van der Waals surface area (Å²) in [5, 5.41) is 0.349. The predicted molar refractivity (Wildman–Crippen MR) is 74.0 cm³/mol. The molecule has 20 heavy (non-hydrogen) atoms. The van der Waals surface area contributed by atoms with Gasteiger partial charge < -0.3 is 4.90 Å². The third kappa shape index (κ3) is 2.27. The van der Waals surface area contributed by atoms with Gasteiger partial charge in [0.15, 0.2) is 0 Å². The number of carbonyl (C=O) groups is 1. The molecule has 0 spiro atoms. The molecule has 1 aromatic carbocycles. The molecular formula is C15H12ClFN2O. The van der Waals surface area contributed by atoms with E-state index < -0.39 is 0 Å². The molecule has 1 amide bonds. The maximum absolute atomic E-state index is 12.9. The number of carbonyl (C=O) groups excluding carboxylic acids is 1. The molecule has 1 aliphatic heterocycles. The molecule has 1 aromatic heterocycles. The minimum absolute atomic E-state index is 0.00710. The van der Waals surface area contributed by atoms with Crippen molar-refractivity contribution in [3.05, 3.63) is 64.7 Å². The maximum atomic E-state index is 12.9. The molecule has 0 radical (unpaired) electrons. The smallest absolute Gasteiger partial charge is 0.255 e. The number of halogens is 2. The fourth-order valence-electron chi connectivity index (χ4n) is 2.37. The third-order valence-electron chi connectivity index (χ3n) is 3.54. The fourth-order valence-corrected chi connectivity index (χ4v) is 2.57. The summed E-state index contributed by atoms with van der Waals surface area (Å²) >= 11 is 6.00. The number of amides is 1. The molecular weight excluding hydrogens is 279 g/mol. The molecule has 102 valence electrons. The van der Waals surface area contributed by atoms with Crippen LogP contribution < -0.4 is 0 Å². The van der Waals surface area contributed by atoms with Crippen molar-refractivity contribution in [2.24, 2.45) is 0 Å². The zero-order valence-electron chi connectivity index (χ0n) is 10.6. The summed E-state index contributed by atoms with van der Waals surface area (Å²) in [5.41, 5.74) is 1.39. The maximum Gasteiger partial charge on any atom is 0.255 e. The molecule has 1 fully saturated rings. The Hall–Kier alpha value is -1.94. The Balaban J connectivity index is 1.83. The van der Waals surface area contributed by atoms with Crippen molar-refractivity contribution in [2.45, 2.75) is 12.5 Å². The number of nitrogens with zero attached hydrogens (tertiary/aromatic N) is 2. The first kappa shape index (κ1) is 13.1. The molecule has 0 N–H and O–H groups in total. The van der Waals surface area contributed by atoms with Crippen LogP contribution in [0, 0.1) is 5.82 Å². The van der Waals surface area contributed by atoms with Gasteiger partial charge in [0.05, 0.1) is 16.6 Å². The largest absolute Gasteiger partial charge is 0.331 e. The van der Waals surface area contributed by atoms with Crippen molar-refractivity contribution < 1.29 is 9.18 Å². The van der Waals surface area contributed by atoms with Gasteiger partial charge in [0.1, 0.15) is 5.82 Å². The lowest BCUT2D eigenvalue weighted by Crippen LogP contribution is -2.45. The van der Waals surface area contributed by atoms with Crippen LogP contribution in [-0.4, -0.2) is 22.3 Å². The van der Waals surface area contributed by atoms with Crippen LogP contribution in [0.2, 0.25) is 5.02 Å². The Bertz CT molecular complexity index is 645. The molecule has 1 atom stereocenters. The molecule has 1 aliphatic rings. The zero-order chi connectivity index (χ0) is 14.1. The third-order valence-corrected chi connectivity index (χ3v) is 3.84. The normalized spacial score (nSPS) is 17.7. The predicted octanol–water partition coefficient (Wildman–Crippen LogP) is 3.46. The van der Waals surface area contributed by atoms with Gasteiger partial charge >= 0.3 is 0 Å². The average molecular weight is 291 g/mol. The van der Waals surface area contributed by atoms with Crippen molar-refractivity contribution in [3.63, 3.8) is 0 Å².